The van der Waals surface area contributed by atoms with E-state index in [-0.39, 0.29) is 70.1 Å². The number of nitrogens with zero attached hydrogens (tertiary/aromatic N) is 2. The van der Waals surface area contributed by atoms with Crippen LogP contribution in [-0.4, -0.2) is 62.4 Å². The molecule has 0 spiro atoms. The van der Waals surface area contributed by atoms with E-state index in [1.807, 2.05) is 0 Å². The molecule has 2 aliphatic heterocycles. The van der Waals surface area contributed by atoms with E-state index in [0.717, 1.165) is 16.2 Å². The number of esters is 1. The molecule has 0 aromatic carbocycles. The van der Waals surface area contributed by atoms with Crippen molar-refractivity contribution < 1.29 is 63.8 Å². The van der Waals surface area contributed by atoms with Gasteiger partial charge in [0.05, 0.1) is 23.8 Å². The van der Waals surface area contributed by atoms with Crippen LogP contribution in [0.5, 0.6) is 0 Å². The first-order valence-corrected chi connectivity index (χ1v) is 9.87. The number of rotatable bonds is 6. The van der Waals surface area contributed by atoms with E-state index in [1.54, 1.807) is 0 Å². The molecule has 0 radical (unpaired) electrons. The summed E-state index contributed by atoms with van der Waals surface area (Å²) >= 11 is 2.18. The summed E-state index contributed by atoms with van der Waals surface area (Å²) in [6.45, 7) is 0.925. The van der Waals surface area contributed by atoms with Gasteiger partial charge in [0.2, 0.25) is 10.7 Å². The normalized spacial score (nSPS) is 20.3. The number of β-lactam (4-membered cyclic amide) rings is 1. The Balaban J connectivity index is 0.00000300. The fraction of sp³-hybridized carbons (Fsp3) is 0.400. The number of hydrogen-bond acceptors (Lipinski definition) is 10. The summed E-state index contributed by atoms with van der Waals surface area (Å²) in [6.07, 6.45) is -0.242. The van der Waals surface area contributed by atoms with Crippen molar-refractivity contribution >= 4 is 46.9 Å². The second-order valence-electron chi connectivity index (χ2n) is 6.00. The number of ether oxygens (including phenoxy) is 1. The molecule has 3 N–H and O–H groups in total. The molecule has 1 fully saturated rings. The largest absolute Gasteiger partial charge is 1.00 e. The van der Waals surface area contributed by atoms with Crippen LogP contribution in [0.2, 0.25) is 0 Å². The Hall–Kier alpha value is -1.80. The molecule has 2 amide bonds. The van der Waals surface area contributed by atoms with Crippen molar-refractivity contribution in [3.05, 3.63) is 27.1 Å². The van der Waals surface area contributed by atoms with Crippen molar-refractivity contribution in [2.45, 2.75) is 24.8 Å². The molecule has 2 atom stereocenters. The third kappa shape index (κ3) is 4.69. The number of aliphatic carboxylic acids is 1. The van der Waals surface area contributed by atoms with Gasteiger partial charge in [-0.15, -0.1) is 23.1 Å². The van der Waals surface area contributed by atoms with Gasteiger partial charge in [-0.3, -0.25) is 24.7 Å². The van der Waals surface area contributed by atoms with Crippen molar-refractivity contribution in [1.82, 2.24) is 14.9 Å². The van der Waals surface area contributed by atoms with E-state index in [9.17, 15) is 29.5 Å². The van der Waals surface area contributed by atoms with Crippen LogP contribution < -0.4 is 44.8 Å². The minimum Gasteiger partial charge on any atom is -0.543 e. The number of thioether (sulfide) groups is 1. The molecule has 0 aliphatic carbocycles. The molecule has 0 bridgehead atoms. The summed E-state index contributed by atoms with van der Waals surface area (Å²) < 4.78 is 5.40. The standard InChI is InChI=1S/C15H16N4O7S2.Na/c1-6(20)26-3-7-4-27-13-10(12(22)18(13)11(7)14(23)24)17-9(21)2-8-5-28-15(16)19(8)25;/h5,10,13,16,25H,2-4H2,1H3,(H,17,21)(H,23,24);/q;+1/p-1/t10?,13-;/m1./s1. The summed E-state index contributed by atoms with van der Waals surface area (Å²) in [7, 11) is 0. The van der Waals surface area contributed by atoms with Gasteiger partial charge in [0.15, 0.2) is 0 Å². The molecule has 29 heavy (non-hydrogen) atoms. The SMILES string of the molecule is CC(=O)OCC1=C(C(=O)[O-])N2C(=O)C(NC(=O)Cc3csc(=N)n3O)[C@H]2SC1.[Na+]. The number of thiazole rings is 1. The molecule has 150 valence electrons. The zero-order chi connectivity index (χ0) is 20.6. The zero-order valence-corrected chi connectivity index (χ0v) is 19.1. The summed E-state index contributed by atoms with van der Waals surface area (Å²) in [6, 6.07) is -0.927. The van der Waals surface area contributed by atoms with E-state index in [2.05, 4.69) is 5.32 Å². The Bertz CT molecular complexity index is 957. The van der Waals surface area contributed by atoms with Crippen LogP contribution >= 0.6 is 23.1 Å². The number of carbonyl (C=O) groups excluding carboxylic acids is 4. The third-order valence-electron chi connectivity index (χ3n) is 4.12. The maximum Gasteiger partial charge on any atom is 1.00 e. The first-order valence-electron chi connectivity index (χ1n) is 7.94. The predicted octanol–water partition coefficient (Wildman–Crippen LogP) is -5.22. The molecule has 14 heteroatoms. The Labute approximate surface area is 194 Å². The average molecular weight is 450 g/mol. The number of amides is 2. The summed E-state index contributed by atoms with van der Waals surface area (Å²) in [5, 5.41) is 31.9. The van der Waals surface area contributed by atoms with Crippen LogP contribution in [0.3, 0.4) is 0 Å². The summed E-state index contributed by atoms with van der Waals surface area (Å²) in [4.78, 5) is 48.0. The van der Waals surface area contributed by atoms with Gasteiger partial charge in [0.25, 0.3) is 5.91 Å². The van der Waals surface area contributed by atoms with E-state index < -0.39 is 35.2 Å². The second-order valence-corrected chi connectivity index (χ2v) is 7.96. The molecular formula is C15H15N4NaO7S2. The van der Waals surface area contributed by atoms with Crippen molar-refractivity contribution in [3.63, 3.8) is 0 Å². The van der Waals surface area contributed by atoms with Crippen LogP contribution in [0.25, 0.3) is 0 Å². The molecule has 1 aromatic heterocycles. The summed E-state index contributed by atoms with van der Waals surface area (Å²) in [5.41, 5.74) is 0.106. The van der Waals surface area contributed by atoms with E-state index >= 15 is 0 Å². The summed E-state index contributed by atoms with van der Waals surface area (Å²) in [5.74, 6) is -3.12. The molecule has 3 rings (SSSR count). The number of carbonyl (C=O) groups is 4. The minimum atomic E-state index is -1.56. The maximum atomic E-state index is 12.4. The number of nitrogens with one attached hydrogen (secondary N) is 2. The van der Waals surface area contributed by atoms with E-state index in [4.69, 9.17) is 10.1 Å². The first-order chi connectivity index (χ1) is 13.2. The monoisotopic (exact) mass is 450 g/mol. The van der Waals surface area contributed by atoms with Crippen molar-refractivity contribution in [2.75, 3.05) is 12.4 Å². The number of aromatic nitrogens is 1. The Morgan fingerprint density at radius 1 is 1.45 bits per heavy atom. The molecule has 1 aromatic rings. The quantitative estimate of drug-likeness (QED) is 0.167. The van der Waals surface area contributed by atoms with Crippen LogP contribution in [0.4, 0.5) is 0 Å². The van der Waals surface area contributed by atoms with Gasteiger partial charge < -0.3 is 25.2 Å². The van der Waals surface area contributed by atoms with Gasteiger partial charge in [0, 0.05) is 23.6 Å². The number of carboxylic acid groups (broad SMARTS) is 1. The number of carboxylic acids is 1. The molecular weight excluding hydrogens is 435 g/mol. The molecule has 3 heterocycles. The second kappa shape index (κ2) is 9.34. The van der Waals surface area contributed by atoms with E-state index in [0.29, 0.717) is 4.73 Å². The molecule has 2 aliphatic rings. The Morgan fingerprint density at radius 2 is 2.14 bits per heavy atom. The maximum absolute atomic E-state index is 12.4. The van der Waals surface area contributed by atoms with Crippen LogP contribution in [0.1, 0.15) is 12.6 Å². The average Bonchev–Trinajstić information content (AvgIpc) is 2.95. The third-order valence-corrected chi connectivity index (χ3v) is 6.25. The fourth-order valence-corrected chi connectivity index (χ4v) is 4.81. The van der Waals surface area contributed by atoms with Gasteiger partial charge in [-0.2, -0.15) is 4.73 Å². The molecule has 1 unspecified atom stereocenters. The van der Waals surface area contributed by atoms with Gasteiger partial charge in [-0.1, -0.05) is 0 Å². The van der Waals surface area contributed by atoms with Gasteiger partial charge >= 0.3 is 35.5 Å². The zero-order valence-electron chi connectivity index (χ0n) is 15.5. The molecule has 1 saturated heterocycles. The van der Waals surface area contributed by atoms with E-state index in [1.165, 1.54) is 24.1 Å². The van der Waals surface area contributed by atoms with Crippen LogP contribution in [-0.2, 0) is 30.3 Å². The fourth-order valence-electron chi connectivity index (χ4n) is 2.83. The Kier molecular flexibility index (Phi) is 7.56. The predicted molar refractivity (Wildman–Crippen MR) is 92.7 cm³/mol. The molecule has 11 nitrogen and oxygen atoms in total. The smallest absolute Gasteiger partial charge is 0.543 e. The van der Waals surface area contributed by atoms with Gasteiger partial charge in [0.1, 0.15) is 18.0 Å². The van der Waals surface area contributed by atoms with Gasteiger partial charge in [-0.25, -0.2) is 0 Å². The van der Waals surface area contributed by atoms with Crippen LogP contribution in [0.15, 0.2) is 16.7 Å². The number of hydrogen-bond donors (Lipinski definition) is 3. The van der Waals surface area contributed by atoms with Crippen LogP contribution in [0, 0.1) is 5.41 Å². The topological polar surface area (TPSA) is 165 Å². The van der Waals surface area contributed by atoms with Gasteiger partial charge in [-0.05, 0) is 0 Å². The Morgan fingerprint density at radius 3 is 2.69 bits per heavy atom. The first kappa shape index (κ1) is 23.5. The number of fused-ring (bicyclic) bond motifs is 1. The minimum absolute atomic E-state index is 0. The molecule has 0 saturated carbocycles. The van der Waals surface area contributed by atoms with Crippen molar-refractivity contribution in [2.24, 2.45) is 0 Å². The van der Waals surface area contributed by atoms with Crippen molar-refractivity contribution in [1.29, 1.82) is 5.41 Å². The van der Waals surface area contributed by atoms with Crippen molar-refractivity contribution in [3.8, 4) is 0 Å².